The molecule has 0 fully saturated rings. The van der Waals surface area contributed by atoms with Gasteiger partial charge in [-0.2, -0.15) is 0 Å². The molecule has 0 saturated heterocycles. The molecule has 82 valence electrons. The number of rotatable bonds is 4. The Kier molecular flexibility index (Phi) is 5.36. The molecule has 0 bridgehead atoms. The van der Waals surface area contributed by atoms with Gasteiger partial charge in [-0.05, 0) is 17.9 Å². The molecule has 0 saturated carbocycles. The normalized spacial score (nSPS) is 9.81. The lowest BCUT2D eigenvalue weighted by Gasteiger charge is -2.08. The smallest absolute Gasteiger partial charge is 0.127 e. The third-order valence-corrected chi connectivity index (χ3v) is 2.55. The van der Waals surface area contributed by atoms with Crippen molar-refractivity contribution in [3.8, 4) is 5.75 Å². The monoisotopic (exact) mass is 248 g/mol. The minimum atomic E-state index is 0. The Morgan fingerprint density at radius 3 is 2.56 bits per heavy atom. The zero-order valence-electron chi connectivity index (χ0n) is 8.95. The second kappa shape index (κ2) is 6.56. The van der Waals surface area contributed by atoms with E-state index in [0.29, 0.717) is 12.5 Å². The van der Waals surface area contributed by atoms with Crippen molar-refractivity contribution in [1.82, 2.24) is 0 Å². The first-order chi connectivity index (χ1) is 7.42. The molecule has 0 unspecified atom stereocenters. The molecule has 4 radical (unpaired) electrons. The van der Waals surface area contributed by atoms with Crippen molar-refractivity contribution >= 4 is 33.3 Å². The molecule has 2 rings (SSSR count). The molecule has 0 N–H and O–H groups in total. The predicted octanol–water partition coefficient (Wildman–Crippen LogP) is 3.47. The summed E-state index contributed by atoms with van der Waals surface area (Å²) in [4.78, 5) is 0. The number of hydrogen-bond acceptors (Lipinski definition) is 1. The van der Waals surface area contributed by atoms with Gasteiger partial charge >= 0.3 is 0 Å². The fourth-order valence-corrected chi connectivity index (χ4v) is 1.67. The van der Waals surface area contributed by atoms with Crippen LogP contribution in [0.3, 0.4) is 0 Å². The van der Waals surface area contributed by atoms with E-state index in [1.165, 1.54) is 5.39 Å². The zero-order chi connectivity index (χ0) is 10.5. The molecule has 0 aliphatic heterocycles. The predicted molar refractivity (Wildman–Crippen MR) is 70.5 cm³/mol. The topological polar surface area (TPSA) is 9.23 Å². The summed E-state index contributed by atoms with van der Waals surface area (Å²) in [7, 11) is 0. The van der Waals surface area contributed by atoms with Crippen LogP contribution in [0.5, 0.6) is 5.75 Å². The van der Waals surface area contributed by atoms with E-state index in [9.17, 15) is 0 Å². The van der Waals surface area contributed by atoms with Crippen LogP contribution in [0.4, 0.5) is 0 Å². The largest absolute Gasteiger partial charge is 0.493 e. The highest BCUT2D eigenvalue weighted by Crippen LogP contribution is 2.25. The number of fused-ring (bicyclic) bond motifs is 1. The van der Waals surface area contributed by atoms with E-state index in [1.807, 2.05) is 24.3 Å². The minimum absolute atomic E-state index is 0. The summed E-state index contributed by atoms with van der Waals surface area (Å²) in [5.74, 6) is 1.59. The third kappa shape index (κ3) is 3.00. The van der Waals surface area contributed by atoms with Crippen molar-refractivity contribution in [2.24, 2.45) is 0 Å². The first-order valence-corrected chi connectivity index (χ1v) is 5.62. The Hall–Kier alpha value is -0.993. The van der Waals surface area contributed by atoms with Gasteiger partial charge in [-0.15, -0.1) is 11.6 Å². The van der Waals surface area contributed by atoms with E-state index in [4.69, 9.17) is 16.3 Å². The average molecular weight is 249 g/mol. The van der Waals surface area contributed by atoms with E-state index in [0.717, 1.165) is 17.6 Å². The van der Waals surface area contributed by atoms with Gasteiger partial charge in [-0.3, -0.25) is 0 Å². The van der Waals surface area contributed by atoms with Gasteiger partial charge in [-0.25, -0.2) is 0 Å². The van der Waals surface area contributed by atoms with Gasteiger partial charge in [0.25, 0.3) is 0 Å². The molecule has 0 heterocycles. The van der Waals surface area contributed by atoms with Crippen LogP contribution in [-0.2, 0) is 0 Å². The van der Waals surface area contributed by atoms with Crippen molar-refractivity contribution in [2.45, 2.75) is 6.42 Å². The van der Waals surface area contributed by atoms with Crippen LogP contribution in [0.15, 0.2) is 42.5 Å². The molecule has 0 atom stereocenters. The molecule has 1 nitrogen and oxygen atoms in total. The molecule has 0 aliphatic carbocycles. The number of hydrogen-bond donors (Lipinski definition) is 0. The van der Waals surface area contributed by atoms with Crippen molar-refractivity contribution in [1.29, 1.82) is 0 Å². The van der Waals surface area contributed by atoms with Crippen LogP contribution in [0.25, 0.3) is 10.8 Å². The average Bonchev–Trinajstić information content (AvgIpc) is 2.30. The summed E-state index contributed by atoms with van der Waals surface area (Å²) in [5, 5.41) is 2.37. The van der Waals surface area contributed by atoms with Gasteiger partial charge in [0.15, 0.2) is 0 Å². The maximum absolute atomic E-state index is 5.68. The van der Waals surface area contributed by atoms with E-state index in [-0.39, 0.29) is 11.0 Å². The summed E-state index contributed by atoms with van der Waals surface area (Å²) >= 11 is 5.61. The Labute approximate surface area is 105 Å². The standard InChI is InChI=1S/C13H13ClO.Si/c14-9-4-10-15-13-8-3-6-11-5-1-2-7-12(11)13;/h1-3,5-8H,4,9-10H2;. The quantitative estimate of drug-likeness (QED) is 0.457. The number of ether oxygens (including phenoxy) is 1. The first kappa shape index (κ1) is 13.1. The SMILES string of the molecule is ClCCCOc1cccc2ccccc12.[Si]. The molecule has 3 heteroatoms. The van der Waals surface area contributed by atoms with Crippen molar-refractivity contribution in [2.75, 3.05) is 12.5 Å². The second-order valence-corrected chi connectivity index (χ2v) is 3.75. The maximum atomic E-state index is 5.68. The van der Waals surface area contributed by atoms with Crippen molar-refractivity contribution < 1.29 is 4.74 Å². The van der Waals surface area contributed by atoms with Crippen molar-refractivity contribution in [3.63, 3.8) is 0 Å². The van der Waals surface area contributed by atoms with Crippen molar-refractivity contribution in [3.05, 3.63) is 42.5 Å². The fourth-order valence-electron chi connectivity index (χ4n) is 1.56. The van der Waals surface area contributed by atoms with E-state index >= 15 is 0 Å². The molecular formula is C13H13ClOSi. The molecule has 16 heavy (non-hydrogen) atoms. The summed E-state index contributed by atoms with van der Waals surface area (Å²) in [6, 6.07) is 14.3. The zero-order valence-corrected chi connectivity index (χ0v) is 10.7. The van der Waals surface area contributed by atoms with Gasteiger partial charge in [0.1, 0.15) is 5.75 Å². The van der Waals surface area contributed by atoms with Crippen LogP contribution in [-0.4, -0.2) is 23.5 Å². The summed E-state index contributed by atoms with van der Waals surface area (Å²) in [6.45, 7) is 0.678. The number of benzene rings is 2. The lowest BCUT2D eigenvalue weighted by atomic mass is 10.1. The lowest BCUT2D eigenvalue weighted by molar-refractivity contribution is 0.322. The first-order valence-electron chi connectivity index (χ1n) is 5.08. The molecular weight excluding hydrogens is 236 g/mol. The van der Waals surface area contributed by atoms with Gasteiger partial charge in [-0.1, -0.05) is 36.4 Å². The minimum Gasteiger partial charge on any atom is -0.493 e. The van der Waals surface area contributed by atoms with Crippen LogP contribution >= 0.6 is 11.6 Å². The Balaban J connectivity index is 0.00000128. The van der Waals surface area contributed by atoms with Gasteiger partial charge in [0.05, 0.1) is 6.61 Å². The highest BCUT2D eigenvalue weighted by molar-refractivity contribution is 6.17. The van der Waals surface area contributed by atoms with E-state index < -0.39 is 0 Å². The third-order valence-electron chi connectivity index (χ3n) is 2.29. The van der Waals surface area contributed by atoms with Crippen LogP contribution < -0.4 is 4.74 Å². The fraction of sp³-hybridized carbons (Fsp3) is 0.231. The molecule has 0 spiro atoms. The van der Waals surface area contributed by atoms with Gasteiger partial charge in [0, 0.05) is 22.2 Å². The van der Waals surface area contributed by atoms with Gasteiger partial charge in [0.2, 0.25) is 0 Å². The highest BCUT2D eigenvalue weighted by atomic mass is 35.5. The summed E-state index contributed by atoms with van der Waals surface area (Å²) < 4.78 is 5.68. The lowest BCUT2D eigenvalue weighted by Crippen LogP contribution is -1.98. The molecule has 0 aromatic heterocycles. The summed E-state index contributed by atoms with van der Waals surface area (Å²) in [6.07, 6.45) is 0.880. The summed E-state index contributed by atoms with van der Waals surface area (Å²) in [5.41, 5.74) is 0. The molecule has 0 aliphatic rings. The maximum Gasteiger partial charge on any atom is 0.127 e. The highest BCUT2D eigenvalue weighted by Gasteiger charge is 1.99. The van der Waals surface area contributed by atoms with E-state index in [1.54, 1.807) is 0 Å². The molecule has 2 aromatic rings. The van der Waals surface area contributed by atoms with Crippen LogP contribution in [0.1, 0.15) is 6.42 Å². The Morgan fingerprint density at radius 1 is 1.00 bits per heavy atom. The van der Waals surface area contributed by atoms with Gasteiger partial charge < -0.3 is 4.74 Å². The van der Waals surface area contributed by atoms with Crippen LogP contribution in [0, 0.1) is 0 Å². The second-order valence-electron chi connectivity index (χ2n) is 3.37. The Morgan fingerprint density at radius 2 is 1.75 bits per heavy atom. The number of halogens is 1. The number of alkyl halides is 1. The van der Waals surface area contributed by atoms with E-state index in [2.05, 4.69) is 18.2 Å². The Bertz CT molecular complexity index is 439. The van der Waals surface area contributed by atoms with Crippen LogP contribution in [0.2, 0.25) is 0 Å². The molecule has 2 aromatic carbocycles. The molecule has 0 amide bonds.